The van der Waals surface area contributed by atoms with Crippen molar-refractivity contribution in [1.29, 1.82) is 0 Å². The summed E-state index contributed by atoms with van der Waals surface area (Å²) in [6.07, 6.45) is 3.72. The van der Waals surface area contributed by atoms with Gasteiger partial charge in [0.25, 0.3) is 0 Å². The Balaban J connectivity index is 1.55. The average molecular weight is 425 g/mol. The molecule has 4 nitrogen and oxygen atoms in total. The molecule has 6 heteroatoms. The first-order valence-corrected chi connectivity index (χ1v) is 9.86. The molecule has 0 saturated heterocycles. The fourth-order valence-corrected chi connectivity index (χ4v) is 3.74. The molecule has 0 spiro atoms. The van der Waals surface area contributed by atoms with Crippen molar-refractivity contribution >= 4 is 38.1 Å². The van der Waals surface area contributed by atoms with Crippen LogP contribution < -0.4 is 5.32 Å². The van der Waals surface area contributed by atoms with Crippen molar-refractivity contribution < 1.29 is 0 Å². The van der Waals surface area contributed by atoms with E-state index >= 15 is 0 Å². The quantitative estimate of drug-likeness (QED) is 0.429. The predicted molar refractivity (Wildman–Crippen MR) is 112 cm³/mol. The SMILES string of the molecule is Cc1ccc(C)c(Nc2nc(-c3ccc(-n4cnc(Br)c4)cc3)cs2)c1. The topological polar surface area (TPSA) is 42.7 Å². The lowest BCUT2D eigenvalue weighted by Gasteiger charge is -2.07. The molecule has 0 bridgehead atoms. The van der Waals surface area contributed by atoms with Gasteiger partial charge in [-0.2, -0.15) is 0 Å². The molecule has 0 radical (unpaired) electrons. The molecule has 2 aromatic carbocycles. The van der Waals surface area contributed by atoms with Gasteiger partial charge in [0, 0.05) is 28.5 Å². The van der Waals surface area contributed by atoms with Gasteiger partial charge in [-0.05, 0) is 59.1 Å². The second kappa shape index (κ2) is 7.05. The molecule has 0 aliphatic heterocycles. The first-order chi connectivity index (χ1) is 12.6. The van der Waals surface area contributed by atoms with Gasteiger partial charge in [-0.1, -0.05) is 24.3 Å². The molecule has 4 aromatic rings. The van der Waals surface area contributed by atoms with Crippen LogP contribution in [0.15, 0.2) is 65.0 Å². The largest absolute Gasteiger partial charge is 0.331 e. The Bertz CT molecular complexity index is 1050. The highest BCUT2D eigenvalue weighted by Crippen LogP contribution is 2.29. The molecule has 0 aliphatic carbocycles. The number of hydrogen-bond acceptors (Lipinski definition) is 4. The van der Waals surface area contributed by atoms with E-state index in [1.807, 2.05) is 10.8 Å². The number of nitrogens with one attached hydrogen (secondary N) is 1. The van der Waals surface area contributed by atoms with Crippen LogP contribution in [0.25, 0.3) is 16.9 Å². The minimum absolute atomic E-state index is 0.822. The van der Waals surface area contributed by atoms with Gasteiger partial charge in [0.15, 0.2) is 5.13 Å². The second-order valence-electron chi connectivity index (χ2n) is 6.13. The summed E-state index contributed by atoms with van der Waals surface area (Å²) >= 11 is 4.99. The summed E-state index contributed by atoms with van der Waals surface area (Å²) in [6, 6.07) is 14.7. The monoisotopic (exact) mass is 424 g/mol. The molecule has 0 fully saturated rings. The van der Waals surface area contributed by atoms with Crippen molar-refractivity contribution in [1.82, 2.24) is 14.5 Å². The van der Waals surface area contributed by atoms with Crippen molar-refractivity contribution in [2.24, 2.45) is 0 Å². The van der Waals surface area contributed by atoms with Crippen molar-refractivity contribution in [3.05, 3.63) is 76.1 Å². The van der Waals surface area contributed by atoms with Crippen LogP contribution in [0, 0.1) is 13.8 Å². The normalized spacial score (nSPS) is 10.9. The van der Waals surface area contributed by atoms with Crippen LogP contribution in [0.2, 0.25) is 0 Å². The maximum Gasteiger partial charge on any atom is 0.187 e. The van der Waals surface area contributed by atoms with Crippen LogP contribution in [-0.2, 0) is 0 Å². The van der Waals surface area contributed by atoms with Gasteiger partial charge in [-0.25, -0.2) is 9.97 Å². The van der Waals surface area contributed by atoms with Crippen LogP contribution in [0.5, 0.6) is 0 Å². The standard InChI is InChI=1S/C20H17BrN4S/c1-13-3-4-14(2)17(9-13)23-20-24-18(11-26-20)15-5-7-16(8-6-15)25-10-19(21)22-12-25/h3-12H,1-2H3,(H,23,24). The Labute approximate surface area is 164 Å². The fourth-order valence-electron chi connectivity index (χ4n) is 2.69. The van der Waals surface area contributed by atoms with Crippen molar-refractivity contribution in [3.8, 4) is 16.9 Å². The molecule has 0 unspecified atom stereocenters. The Morgan fingerprint density at radius 1 is 1.08 bits per heavy atom. The average Bonchev–Trinajstić information content (AvgIpc) is 3.28. The van der Waals surface area contributed by atoms with Gasteiger partial charge < -0.3 is 9.88 Å². The molecule has 1 N–H and O–H groups in total. The summed E-state index contributed by atoms with van der Waals surface area (Å²) in [7, 11) is 0. The number of anilines is 2. The Kier molecular flexibility index (Phi) is 4.61. The molecule has 0 aliphatic rings. The van der Waals surface area contributed by atoms with Gasteiger partial charge >= 0.3 is 0 Å². The first kappa shape index (κ1) is 17.0. The molecule has 0 atom stereocenters. The molecule has 0 saturated carbocycles. The Morgan fingerprint density at radius 2 is 1.88 bits per heavy atom. The molecular formula is C20H17BrN4S. The summed E-state index contributed by atoms with van der Waals surface area (Å²) < 4.78 is 2.80. The van der Waals surface area contributed by atoms with Crippen molar-refractivity contribution in [2.75, 3.05) is 5.32 Å². The van der Waals surface area contributed by atoms with Gasteiger partial charge in [0.2, 0.25) is 0 Å². The van der Waals surface area contributed by atoms with Crippen LogP contribution >= 0.6 is 27.3 Å². The van der Waals surface area contributed by atoms with Gasteiger partial charge in [-0.3, -0.25) is 0 Å². The Morgan fingerprint density at radius 3 is 2.62 bits per heavy atom. The summed E-state index contributed by atoms with van der Waals surface area (Å²) in [4.78, 5) is 8.92. The maximum atomic E-state index is 4.73. The van der Waals surface area contributed by atoms with Crippen LogP contribution in [0.4, 0.5) is 10.8 Å². The zero-order valence-corrected chi connectivity index (χ0v) is 16.8. The lowest BCUT2D eigenvalue weighted by molar-refractivity contribution is 1.06. The third-order valence-electron chi connectivity index (χ3n) is 4.15. The van der Waals surface area contributed by atoms with Gasteiger partial charge in [0.05, 0.1) is 5.69 Å². The van der Waals surface area contributed by atoms with Gasteiger partial charge in [-0.15, -0.1) is 11.3 Å². The highest BCUT2D eigenvalue weighted by molar-refractivity contribution is 9.10. The molecule has 4 rings (SSSR count). The fraction of sp³-hybridized carbons (Fsp3) is 0.100. The number of aryl methyl sites for hydroxylation is 2. The summed E-state index contributed by atoms with van der Waals surface area (Å²) in [6.45, 7) is 4.20. The minimum atomic E-state index is 0.822. The van der Waals surface area contributed by atoms with E-state index in [1.165, 1.54) is 11.1 Å². The van der Waals surface area contributed by atoms with E-state index < -0.39 is 0 Å². The molecule has 2 heterocycles. The van der Waals surface area contributed by atoms with Crippen LogP contribution in [0.1, 0.15) is 11.1 Å². The number of thiazole rings is 1. The summed E-state index contributed by atoms with van der Waals surface area (Å²) in [5, 5.41) is 6.41. The number of rotatable bonds is 4. The van der Waals surface area contributed by atoms with E-state index in [-0.39, 0.29) is 0 Å². The van der Waals surface area contributed by atoms with E-state index in [9.17, 15) is 0 Å². The predicted octanol–water partition coefficient (Wildman–Crippen LogP) is 6.12. The number of benzene rings is 2. The second-order valence-corrected chi connectivity index (χ2v) is 7.80. The zero-order chi connectivity index (χ0) is 18.1. The molecule has 130 valence electrons. The highest BCUT2D eigenvalue weighted by Gasteiger charge is 2.07. The lowest BCUT2D eigenvalue weighted by Crippen LogP contribution is -1.93. The van der Waals surface area contributed by atoms with E-state index in [4.69, 9.17) is 4.98 Å². The molecule has 0 amide bonds. The van der Waals surface area contributed by atoms with Crippen molar-refractivity contribution in [3.63, 3.8) is 0 Å². The van der Waals surface area contributed by atoms with Crippen molar-refractivity contribution in [2.45, 2.75) is 13.8 Å². The highest BCUT2D eigenvalue weighted by atomic mass is 79.9. The minimum Gasteiger partial charge on any atom is -0.331 e. The van der Waals surface area contributed by atoms with Crippen LogP contribution in [0.3, 0.4) is 0 Å². The number of hydrogen-bond donors (Lipinski definition) is 1. The van der Waals surface area contributed by atoms with E-state index in [0.29, 0.717) is 0 Å². The number of aromatic nitrogens is 3. The number of nitrogens with zero attached hydrogens (tertiary/aromatic N) is 3. The smallest absolute Gasteiger partial charge is 0.187 e. The number of halogens is 1. The third-order valence-corrected chi connectivity index (χ3v) is 5.32. The van der Waals surface area contributed by atoms with E-state index in [2.05, 4.69) is 87.9 Å². The summed E-state index contributed by atoms with van der Waals surface area (Å²) in [5.74, 6) is 0. The van der Waals surface area contributed by atoms with E-state index in [0.717, 1.165) is 32.4 Å². The Hall–Kier alpha value is -2.44. The van der Waals surface area contributed by atoms with Gasteiger partial charge in [0.1, 0.15) is 10.9 Å². The molecule has 26 heavy (non-hydrogen) atoms. The maximum absolute atomic E-state index is 4.73. The summed E-state index contributed by atoms with van der Waals surface area (Å²) in [5.41, 5.74) is 6.68. The molecule has 2 aromatic heterocycles. The lowest BCUT2D eigenvalue weighted by atomic mass is 10.1. The first-order valence-electron chi connectivity index (χ1n) is 8.18. The van der Waals surface area contributed by atoms with E-state index in [1.54, 1.807) is 17.7 Å². The number of imidazole rings is 1. The van der Waals surface area contributed by atoms with Crippen LogP contribution in [-0.4, -0.2) is 14.5 Å². The zero-order valence-electron chi connectivity index (χ0n) is 14.4. The molecular weight excluding hydrogens is 408 g/mol. The third kappa shape index (κ3) is 3.57.